The van der Waals surface area contributed by atoms with Crippen LogP contribution in [0.15, 0.2) is 209 Å². The van der Waals surface area contributed by atoms with Crippen LogP contribution in [0.1, 0.15) is 29.5 Å². The van der Waals surface area contributed by atoms with E-state index in [1.165, 1.54) is 50.1 Å². The minimum Gasteiger partial charge on any atom is -0.269 e. The van der Waals surface area contributed by atoms with Crippen molar-refractivity contribution in [1.82, 2.24) is 0 Å². The number of hydrogen-bond donors (Lipinski definition) is 0. The molecule has 0 atom stereocenters. The van der Waals surface area contributed by atoms with E-state index in [0.717, 1.165) is 40.7 Å². The first-order valence-corrected chi connectivity index (χ1v) is 18.8. The lowest BCUT2D eigenvalue weighted by Gasteiger charge is -2.25. The average molecular weight is 708 g/mol. The molecule has 1 aliphatic rings. The Kier molecular flexibility index (Phi) is 10.7. The van der Waals surface area contributed by atoms with Crippen molar-refractivity contribution in [2.45, 2.75) is 19.4 Å². The Labute approximate surface area is 324 Å². The first-order valence-electron chi connectivity index (χ1n) is 18.8. The van der Waals surface area contributed by atoms with Gasteiger partial charge in [0.05, 0.1) is 6.54 Å². The molecule has 0 aliphatic heterocycles. The van der Waals surface area contributed by atoms with Crippen molar-refractivity contribution in [3.63, 3.8) is 0 Å². The van der Waals surface area contributed by atoms with E-state index in [-0.39, 0.29) is 0 Å². The Balaban J connectivity index is 1.30. The zero-order valence-electron chi connectivity index (χ0n) is 30.7. The first kappa shape index (κ1) is 35.1. The largest absolute Gasteiger partial charge is 0.269 e. The smallest absolute Gasteiger partial charge is 0.160 e. The Morgan fingerprint density at radius 1 is 0.509 bits per heavy atom. The zero-order valence-corrected chi connectivity index (χ0v) is 30.7. The topological polar surface area (TPSA) is 37.1 Å². The lowest BCUT2D eigenvalue weighted by molar-refractivity contribution is 1.04. The number of allylic oxidation sites excluding steroid dienone is 4. The van der Waals surface area contributed by atoms with Crippen molar-refractivity contribution < 1.29 is 0 Å². The molecular weight excluding hydrogens is 667 g/mol. The van der Waals surface area contributed by atoms with E-state index >= 15 is 0 Å². The van der Waals surface area contributed by atoms with Gasteiger partial charge in [0.2, 0.25) is 0 Å². The van der Waals surface area contributed by atoms with Crippen molar-refractivity contribution >= 4 is 24.5 Å². The van der Waals surface area contributed by atoms with Gasteiger partial charge in [0.25, 0.3) is 0 Å². The monoisotopic (exact) mass is 707 g/mol. The van der Waals surface area contributed by atoms with E-state index in [1.54, 1.807) is 6.34 Å². The zero-order chi connectivity index (χ0) is 37.2. The molecule has 1 aliphatic carbocycles. The molecule has 7 aromatic rings. The minimum atomic E-state index is 0.531. The molecule has 8 rings (SSSR count). The molecule has 7 aromatic carbocycles. The highest BCUT2D eigenvalue weighted by Gasteiger charge is 2.24. The normalized spacial score (nSPS) is 12.8. The van der Waals surface area contributed by atoms with Crippen LogP contribution in [0.5, 0.6) is 0 Å². The number of hydrogen-bond acceptors (Lipinski definition) is 1. The van der Waals surface area contributed by atoms with Crippen LogP contribution >= 0.6 is 0 Å². The summed E-state index contributed by atoms with van der Waals surface area (Å²) in [6.07, 6.45) is 10.7. The maximum Gasteiger partial charge on any atom is 0.160 e. The number of rotatable bonds is 10. The highest BCUT2D eigenvalue weighted by molar-refractivity contribution is 6.07. The summed E-state index contributed by atoms with van der Waals surface area (Å²) in [5.41, 5.74) is 16.3. The fourth-order valence-electron chi connectivity index (χ4n) is 7.39. The van der Waals surface area contributed by atoms with Crippen LogP contribution in [-0.2, 0) is 6.54 Å². The molecule has 55 heavy (non-hydrogen) atoms. The Bertz CT molecular complexity index is 2550. The lowest BCUT2D eigenvalue weighted by Crippen LogP contribution is -2.01. The minimum absolute atomic E-state index is 0.531. The van der Waals surface area contributed by atoms with Crippen LogP contribution in [0.3, 0.4) is 0 Å². The number of amidine groups is 1. The van der Waals surface area contributed by atoms with Crippen LogP contribution in [0.2, 0.25) is 0 Å². The molecule has 0 saturated carbocycles. The molecule has 0 fully saturated rings. The lowest BCUT2D eigenvalue weighted by atomic mass is 9.77. The maximum absolute atomic E-state index is 4.58. The average Bonchev–Trinajstić information content (AvgIpc) is 3.27. The Morgan fingerprint density at radius 3 is 1.67 bits per heavy atom. The molecule has 0 amide bonds. The summed E-state index contributed by atoms with van der Waals surface area (Å²) >= 11 is 0. The van der Waals surface area contributed by atoms with Crippen molar-refractivity contribution in [2.75, 3.05) is 0 Å². The van der Waals surface area contributed by atoms with Gasteiger partial charge in [0, 0.05) is 5.56 Å². The predicted molar refractivity (Wildman–Crippen MR) is 235 cm³/mol. The summed E-state index contributed by atoms with van der Waals surface area (Å²) in [5.74, 6) is 0.531. The van der Waals surface area contributed by atoms with Gasteiger partial charge in [-0.2, -0.15) is 0 Å². The number of nitrogens with zero attached hydrogens (tertiary/aromatic N) is 3. The molecule has 0 spiro atoms. The van der Waals surface area contributed by atoms with Crippen molar-refractivity contribution in [3.05, 3.63) is 211 Å². The highest BCUT2D eigenvalue weighted by atomic mass is 14.9. The quantitative estimate of drug-likeness (QED) is 0.100. The molecule has 3 nitrogen and oxygen atoms in total. The van der Waals surface area contributed by atoms with Crippen LogP contribution in [0, 0.1) is 0 Å². The Hall–Kier alpha value is -6.97. The van der Waals surface area contributed by atoms with Crippen LogP contribution in [0.4, 0.5) is 0 Å². The van der Waals surface area contributed by atoms with Crippen molar-refractivity contribution in [3.8, 4) is 55.6 Å². The predicted octanol–water partition coefficient (Wildman–Crippen LogP) is 13.4. The molecule has 264 valence electrons. The summed E-state index contributed by atoms with van der Waals surface area (Å²) in [7, 11) is 0. The molecule has 0 unspecified atom stereocenters. The third-order valence-corrected chi connectivity index (χ3v) is 9.98. The van der Waals surface area contributed by atoms with Crippen LogP contribution < -0.4 is 0 Å². The fourth-order valence-corrected chi connectivity index (χ4v) is 7.39. The third kappa shape index (κ3) is 7.88. The van der Waals surface area contributed by atoms with E-state index in [1.807, 2.05) is 24.3 Å². The van der Waals surface area contributed by atoms with Crippen LogP contribution in [0.25, 0.3) is 61.2 Å². The summed E-state index contributed by atoms with van der Waals surface area (Å²) in [5, 5.41) is 0. The molecule has 0 bridgehead atoms. The number of benzene rings is 7. The summed E-state index contributed by atoms with van der Waals surface area (Å²) in [4.78, 5) is 13.4. The van der Waals surface area contributed by atoms with E-state index in [0.29, 0.717) is 12.4 Å². The third-order valence-electron chi connectivity index (χ3n) is 9.98. The van der Waals surface area contributed by atoms with Crippen molar-refractivity contribution in [2.24, 2.45) is 15.0 Å². The van der Waals surface area contributed by atoms with Gasteiger partial charge in [-0.15, -0.1) is 0 Å². The van der Waals surface area contributed by atoms with Gasteiger partial charge in [0.15, 0.2) is 5.84 Å². The summed E-state index contributed by atoms with van der Waals surface area (Å²) in [6, 6.07) is 62.3. The summed E-state index contributed by atoms with van der Waals surface area (Å²) < 4.78 is 0. The second-order valence-electron chi connectivity index (χ2n) is 13.5. The molecule has 0 aromatic heterocycles. The molecule has 0 N–H and O–H groups in total. The van der Waals surface area contributed by atoms with Gasteiger partial charge in [-0.05, 0) is 110 Å². The highest BCUT2D eigenvalue weighted by Crippen LogP contribution is 2.49. The number of aliphatic imine (C=N–C) groups is 3. The van der Waals surface area contributed by atoms with Crippen molar-refractivity contribution in [1.29, 1.82) is 0 Å². The molecule has 0 saturated heterocycles. The van der Waals surface area contributed by atoms with Gasteiger partial charge in [-0.1, -0.05) is 176 Å². The fraction of sp³-hybridized carbons (Fsp3) is 0.0577. The van der Waals surface area contributed by atoms with E-state index < -0.39 is 0 Å². The van der Waals surface area contributed by atoms with E-state index in [2.05, 4.69) is 192 Å². The summed E-state index contributed by atoms with van der Waals surface area (Å²) in [6.45, 7) is 4.38. The van der Waals surface area contributed by atoms with Crippen LogP contribution in [-0.4, -0.2) is 18.9 Å². The van der Waals surface area contributed by atoms with Gasteiger partial charge in [-0.3, -0.25) is 4.99 Å². The molecule has 3 heteroatoms. The second kappa shape index (κ2) is 16.8. The molecular formula is C52H41N3. The van der Waals surface area contributed by atoms with E-state index in [4.69, 9.17) is 0 Å². The first-order chi connectivity index (χ1) is 27.3. The van der Waals surface area contributed by atoms with Gasteiger partial charge < -0.3 is 0 Å². The SMILES string of the molecule is C=N/C(=N\C=N/Cc1ccccc1)c1cccc(-c2cccc(-c3cc(-c4ccccc4)c(-c4ccccc4)c(C4=CCCC=C4)c3-c3ccccc3)c2)c1. The standard InChI is InChI=1S/C52H41N3/c1-53-52(55-37-54-36-38-19-7-2-8-20-38)46-32-18-30-44(34-46)43-29-17-31-45(33-43)48-35-47(39-21-9-3-10-22-39)49(40-23-11-4-12-24-40)51(42-27-15-6-16-28-42)50(48)41-25-13-5-14-26-41/h2-5,7-15,17-35,37H,1,6,16,36H2/b54-37-,55-52-. The Morgan fingerprint density at radius 2 is 1.05 bits per heavy atom. The molecule has 0 heterocycles. The van der Waals surface area contributed by atoms with Gasteiger partial charge >= 0.3 is 0 Å². The van der Waals surface area contributed by atoms with E-state index in [9.17, 15) is 0 Å². The van der Waals surface area contributed by atoms with Gasteiger partial charge in [-0.25, -0.2) is 9.98 Å². The second-order valence-corrected chi connectivity index (χ2v) is 13.5. The van der Waals surface area contributed by atoms with Gasteiger partial charge in [0.1, 0.15) is 6.34 Å². The maximum atomic E-state index is 4.58. The molecule has 0 radical (unpaired) electrons.